The highest BCUT2D eigenvalue weighted by Gasteiger charge is 2.13. The van der Waals surface area contributed by atoms with Gasteiger partial charge >= 0.3 is 0 Å². The summed E-state index contributed by atoms with van der Waals surface area (Å²) in [5, 5.41) is 0. The van der Waals surface area contributed by atoms with Gasteiger partial charge in [0.1, 0.15) is 0 Å². The predicted octanol–water partition coefficient (Wildman–Crippen LogP) is 1.57. The molecule has 1 aliphatic heterocycles. The first-order valence-electron chi connectivity index (χ1n) is 3.22. The van der Waals surface area contributed by atoms with Crippen LogP contribution in [0.2, 0.25) is 0 Å². The average Bonchev–Trinajstić information content (AvgIpc) is 2.34. The molecule has 0 aromatic heterocycles. The van der Waals surface area contributed by atoms with Crippen molar-refractivity contribution in [1.82, 2.24) is 0 Å². The van der Waals surface area contributed by atoms with E-state index in [0.717, 1.165) is 19.6 Å². The van der Waals surface area contributed by atoms with Gasteiger partial charge in [-0.2, -0.15) is 0 Å². The minimum Gasteiger partial charge on any atom is -0.350 e. The second kappa shape index (κ2) is 4.46. The number of hydrogen-bond donors (Lipinski definition) is 0. The lowest BCUT2D eigenvalue weighted by Gasteiger charge is -2.05. The number of rotatable bonds is 3. The minimum atomic E-state index is 0.111. The fourth-order valence-electron chi connectivity index (χ4n) is 0.818. The molecule has 2 nitrogen and oxygen atoms in total. The van der Waals surface area contributed by atoms with Crippen molar-refractivity contribution < 1.29 is 9.47 Å². The fourth-order valence-corrected chi connectivity index (χ4v) is 1.26. The van der Waals surface area contributed by atoms with Crippen LogP contribution in [-0.2, 0) is 9.47 Å². The first kappa shape index (κ1) is 7.75. The molecule has 0 unspecified atom stereocenters. The van der Waals surface area contributed by atoms with Gasteiger partial charge in [0, 0.05) is 0 Å². The van der Waals surface area contributed by atoms with Crippen LogP contribution in [-0.4, -0.2) is 23.9 Å². The van der Waals surface area contributed by atoms with E-state index >= 15 is 0 Å². The molecule has 9 heavy (non-hydrogen) atoms. The standard InChI is InChI=1S/C6H11IO2/c7-3-1-2-6-8-4-5-9-6/h6H,1-5H2. The van der Waals surface area contributed by atoms with E-state index in [1.165, 1.54) is 10.8 Å². The lowest BCUT2D eigenvalue weighted by Crippen LogP contribution is -2.06. The first-order chi connectivity index (χ1) is 4.43. The molecule has 1 aliphatic rings. The quantitative estimate of drug-likeness (QED) is 0.552. The van der Waals surface area contributed by atoms with E-state index < -0.39 is 0 Å². The summed E-state index contributed by atoms with van der Waals surface area (Å²) in [4.78, 5) is 0. The van der Waals surface area contributed by atoms with E-state index in [-0.39, 0.29) is 6.29 Å². The Morgan fingerprint density at radius 3 is 2.56 bits per heavy atom. The van der Waals surface area contributed by atoms with E-state index in [4.69, 9.17) is 9.47 Å². The van der Waals surface area contributed by atoms with Gasteiger partial charge in [-0.1, -0.05) is 22.6 Å². The second-order valence-corrected chi connectivity index (χ2v) is 3.08. The van der Waals surface area contributed by atoms with Crippen LogP contribution in [0.5, 0.6) is 0 Å². The van der Waals surface area contributed by atoms with Crippen molar-refractivity contribution in [2.45, 2.75) is 19.1 Å². The Balaban J connectivity index is 1.98. The van der Waals surface area contributed by atoms with Crippen molar-refractivity contribution in [3.05, 3.63) is 0 Å². The summed E-state index contributed by atoms with van der Waals surface area (Å²) in [5.74, 6) is 0. The van der Waals surface area contributed by atoms with Gasteiger partial charge in [0.15, 0.2) is 6.29 Å². The van der Waals surface area contributed by atoms with E-state index in [9.17, 15) is 0 Å². The van der Waals surface area contributed by atoms with Crippen molar-refractivity contribution in [2.75, 3.05) is 17.6 Å². The average molecular weight is 242 g/mol. The van der Waals surface area contributed by atoms with Crippen molar-refractivity contribution in [2.24, 2.45) is 0 Å². The van der Waals surface area contributed by atoms with Crippen molar-refractivity contribution in [3.63, 3.8) is 0 Å². The highest BCUT2D eigenvalue weighted by molar-refractivity contribution is 14.1. The zero-order valence-corrected chi connectivity index (χ0v) is 7.46. The van der Waals surface area contributed by atoms with Gasteiger partial charge in [0.25, 0.3) is 0 Å². The topological polar surface area (TPSA) is 18.5 Å². The third-order valence-corrected chi connectivity index (χ3v) is 2.03. The Labute approximate surface area is 69.0 Å². The van der Waals surface area contributed by atoms with Crippen LogP contribution in [0.3, 0.4) is 0 Å². The maximum Gasteiger partial charge on any atom is 0.157 e. The Bertz CT molecular complexity index is 71.5. The highest BCUT2D eigenvalue weighted by Crippen LogP contribution is 2.10. The third-order valence-electron chi connectivity index (χ3n) is 1.26. The lowest BCUT2D eigenvalue weighted by molar-refractivity contribution is -0.0465. The number of ether oxygens (including phenoxy) is 2. The Hall–Kier alpha value is 0.650. The fraction of sp³-hybridized carbons (Fsp3) is 1.00. The van der Waals surface area contributed by atoms with Crippen LogP contribution in [0, 0.1) is 0 Å². The van der Waals surface area contributed by atoms with Crippen LogP contribution >= 0.6 is 22.6 Å². The van der Waals surface area contributed by atoms with Crippen molar-refractivity contribution in [3.8, 4) is 0 Å². The molecule has 0 bridgehead atoms. The molecule has 0 aromatic carbocycles. The second-order valence-electron chi connectivity index (χ2n) is 2.00. The van der Waals surface area contributed by atoms with Gasteiger partial charge in [0.2, 0.25) is 0 Å². The largest absolute Gasteiger partial charge is 0.350 e. The van der Waals surface area contributed by atoms with Gasteiger partial charge in [-0.15, -0.1) is 0 Å². The molecule has 3 heteroatoms. The number of alkyl halides is 1. The smallest absolute Gasteiger partial charge is 0.157 e. The molecule has 0 aliphatic carbocycles. The molecule has 0 spiro atoms. The molecule has 0 amide bonds. The molecule has 54 valence electrons. The SMILES string of the molecule is ICCCC1OCCO1. The van der Waals surface area contributed by atoms with Gasteiger partial charge in [-0.25, -0.2) is 0 Å². The Morgan fingerprint density at radius 1 is 1.33 bits per heavy atom. The Kier molecular flexibility index (Phi) is 3.85. The van der Waals surface area contributed by atoms with Gasteiger partial charge in [-0.05, 0) is 17.3 Å². The summed E-state index contributed by atoms with van der Waals surface area (Å²) >= 11 is 2.36. The molecule has 0 atom stereocenters. The maximum atomic E-state index is 5.23. The van der Waals surface area contributed by atoms with Gasteiger partial charge in [-0.3, -0.25) is 0 Å². The van der Waals surface area contributed by atoms with Crippen LogP contribution < -0.4 is 0 Å². The van der Waals surface area contributed by atoms with Crippen LogP contribution in [0.25, 0.3) is 0 Å². The molecule has 1 saturated heterocycles. The molecule has 1 heterocycles. The molecule has 0 N–H and O–H groups in total. The summed E-state index contributed by atoms with van der Waals surface area (Å²) < 4.78 is 11.7. The molecule has 0 radical (unpaired) electrons. The number of hydrogen-bond acceptors (Lipinski definition) is 2. The molecule has 0 saturated carbocycles. The van der Waals surface area contributed by atoms with E-state index in [2.05, 4.69) is 22.6 Å². The molecular formula is C6H11IO2. The number of halogens is 1. The first-order valence-corrected chi connectivity index (χ1v) is 4.75. The highest BCUT2D eigenvalue weighted by atomic mass is 127. The maximum absolute atomic E-state index is 5.23. The zero-order valence-electron chi connectivity index (χ0n) is 5.31. The molecular weight excluding hydrogens is 231 g/mol. The zero-order chi connectivity index (χ0) is 6.53. The molecule has 1 fully saturated rings. The predicted molar refractivity (Wildman–Crippen MR) is 43.8 cm³/mol. The summed E-state index contributed by atoms with van der Waals surface area (Å²) in [6.45, 7) is 1.57. The van der Waals surface area contributed by atoms with E-state index in [1.54, 1.807) is 0 Å². The normalized spacial score (nSPS) is 21.0. The van der Waals surface area contributed by atoms with Gasteiger partial charge < -0.3 is 9.47 Å². The monoisotopic (exact) mass is 242 g/mol. The van der Waals surface area contributed by atoms with E-state index in [1.807, 2.05) is 0 Å². The molecule has 0 aromatic rings. The molecule has 1 rings (SSSR count). The summed E-state index contributed by atoms with van der Waals surface area (Å²) in [5.41, 5.74) is 0. The third kappa shape index (κ3) is 2.82. The Morgan fingerprint density at radius 2 is 2.00 bits per heavy atom. The van der Waals surface area contributed by atoms with Crippen molar-refractivity contribution in [1.29, 1.82) is 0 Å². The van der Waals surface area contributed by atoms with Crippen LogP contribution in [0.15, 0.2) is 0 Å². The summed E-state index contributed by atoms with van der Waals surface area (Å²) in [7, 11) is 0. The summed E-state index contributed by atoms with van der Waals surface area (Å²) in [6, 6.07) is 0. The summed E-state index contributed by atoms with van der Waals surface area (Å²) in [6.07, 6.45) is 2.37. The van der Waals surface area contributed by atoms with Crippen LogP contribution in [0.1, 0.15) is 12.8 Å². The van der Waals surface area contributed by atoms with Gasteiger partial charge in [0.05, 0.1) is 13.2 Å². The van der Waals surface area contributed by atoms with Crippen molar-refractivity contribution >= 4 is 22.6 Å². The minimum absolute atomic E-state index is 0.111. The van der Waals surface area contributed by atoms with E-state index in [0.29, 0.717) is 0 Å². The lowest BCUT2D eigenvalue weighted by atomic mass is 10.3. The van der Waals surface area contributed by atoms with Crippen LogP contribution in [0.4, 0.5) is 0 Å².